The molecule has 0 aromatic carbocycles. The molecular formula is C18H38N4O. The fourth-order valence-electron chi connectivity index (χ4n) is 3.21. The Hall–Kier alpha value is -0.810. The minimum Gasteiger partial charge on any atom is -0.396 e. The SMILES string of the molecule is CCNC(=NCC(CCO)CC(C)C)NCCN1CCCCC1. The van der Waals surface area contributed by atoms with Crippen molar-refractivity contribution >= 4 is 5.96 Å². The second-order valence-corrected chi connectivity index (χ2v) is 7.06. The van der Waals surface area contributed by atoms with Crippen LogP contribution in [-0.2, 0) is 0 Å². The summed E-state index contributed by atoms with van der Waals surface area (Å²) in [5.74, 6) is 2.03. The molecule has 0 saturated carbocycles. The summed E-state index contributed by atoms with van der Waals surface area (Å²) in [6.45, 7) is 13.0. The summed E-state index contributed by atoms with van der Waals surface area (Å²) >= 11 is 0. The third-order valence-electron chi connectivity index (χ3n) is 4.36. The summed E-state index contributed by atoms with van der Waals surface area (Å²) in [7, 11) is 0. The Bertz CT molecular complexity index is 314. The van der Waals surface area contributed by atoms with Crippen molar-refractivity contribution in [2.24, 2.45) is 16.8 Å². The van der Waals surface area contributed by atoms with Gasteiger partial charge in [-0.05, 0) is 57.5 Å². The molecular weight excluding hydrogens is 288 g/mol. The molecule has 0 spiro atoms. The topological polar surface area (TPSA) is 59.9 Å². The van der Waals surface area contributed by atoms with Crippen LogP contribution in [0.4, 0.5) is 0 Å². The van der Waals surface area contributed by atoms with Gasteiger partial charge in [0.1, 0.15) is 0 Å². The summed E-state index contributed by atoms with van der Waals surface area (Å²) in [6.07, 6.45) is 6.03. The summed E-state index contributed by atoms with van der Waals surface area (Å²) < 4.78 is 0. The van der Waals surface area contributed by atoms with Gasteiger partial charge in [0, 0.05) is 32.8 Å². The Morgan fingerprint density at radius 2 is 1.91 bits per heavy atom. The van der Waals surface area contributed by atoms with E-state index < -0.39 is 0 Å². The number of likely N-dealkylation sites (tertiary alicyclic amines) is 1. The van der Waals surface area contributed by atoms with Gasteiger partial charge in [-0.1, -0.05) is 20.3 Å². The normalized spacial score (nSPS) is 18.2. The first-order valence-electron chi connectivity index (χ1n) is 9.51. The molecule has 1 aliphatic heterocycles. The van der Waals surface area contributed by atoms with Crippen LogP contribution in [0.1, 0.15) is 52.9 Å². The van der Waals surface area contributed by atoms with Crippen molar-refractivity contribution in [1.82, 2.24) is 15.5 Å². The lowest BCUT2D eigenvalue weighted by atomic mass is 9.94. The molecule has 1 unspecified atom stereocenters. The van der Waals surface area contributed by atoms with Gasteiger partial charge in [-0.3, -0.25) is 4.99 Å². The van der Waals surface area contributed by atoms with Crippen LogP contribution in [0.3, 0.4) is 0 Å². The molecule has 1 saturated heterocycles. The van der Waals surface area contributed by atoms with Crippen molar-refractivity contribution in [3.8, 4) is 0 Å². The van der Waals surface area contributed by atoms with E-state index in [2.05, 4.69) is 36.3 Å². The fraction of sp³-hybridized carbons (Fsp3) is 0.944. The molecule has 0 amide bonds. The van der Waals surface area contributed by atoms with Gasteiger partial charge in [-0.25, -0.2) is 0 Å². The van der Waals surface area contributed by atoms with Crippen LogP contribution in [0, 0.1) is 11.8 Å². The van der Waals surface area contributed by atoms with Crippen LogP contribution in [0.25, 0.3) is 0 Å². The molecule has 0 radical (unpaired) electrons. The average molecular weight is 327 g/mol. The smallest absolute Gasteiger partial charge is 0.191 e. The molecule has 5 heteroatoms. The molecule has 3 N–H and O–H groups in total. The van der Waals surface area contributed by atoms with E-state index >= 15 is 0 Å². The summed E-state index contributed by atoms with van der Waals surface area (Å²) in [5.41, 5.74) is 0. The number of piperidine rings is 1. The number of aliphatic hydroxyl groups is 1. The predicted octanol–water partition coefficient (Wildman–Crippen LogP) is 2.07. The molecule has 1 fully saturated rings. The van der Waals surface area contributed by atoms with Gasteiger partial charge in [-0.2, -0.15) is 0 Å². The molecule has 5 nitrogen and oxygen atoms in total. The Morgan fingerprint density at radius 3 is 2.52 bits per heavy atom. The molecule has 1 rings (SSSR count). The highest BCUT2D eigenvalue weighted by molar-refractivity contribution is 5.79. The predicted molar refractivity (Wildman–Crippen MR) is 98.9 cm³/mol. The maximum Gasteiger partial charge on any atom is 0.191 e. The molecule has 0 aliphatic carbocycles. The van der Waals surface area contributed by atoms with E-state index in [1.54, 1.807) is 0 Å². The van der Waals surface area contributed by atoms with Gasteiger partial charge in [0.25, 0.3) is 0 Å². The summed E-state index contributed by atoms with van der Waals surface area (Å²) in [6, 6.07) is 0. The van der Waals surface area contributed by atoms with Crippen molar-refractivity contribution in [3.63, 3.8) is 0 Å². The van der Waals surface area contributed by atoms with Gasteiger partial charge >= 0.3 is 0 Å². The van der Waals surface area contributed by atoms with Gasteiger partial charge in [0.2, 0.25) is 0 Å². The number of aliphatic hydroxyl groups excluding tert-OH is 1. The quantitative estimate of drug-likeness (QED) is 0.425. The number of rotatable bonds is 10. The van der Waals surface area contributed by atoms with Gasteiger partial charge in [0.15, 0.2) is 5.96 Å². The minimum atomic E-state index is 0.256. The average Bonchev–Trinajstić information content (AvgIpc) is 2.53. The highest BCUT2D eigenvalue weighted by Crippen LogP contribution is 2.15. The molecule has 1 heterocycles. The first-order valence-corrected chi connectivity index (χ1v) is 9.51. The summed E-state index contributed by atoms with van der Waals surface area (Å²) in [5, 5.41) is 16.0. The molecule has 0 aromatic heterocycles. The zero-order valence-electron chi connectivity index (χ0n) is 15.5. The van der Waals surface area contributed by atoms with E-state index in [0.717, 1.165) is 45.0 Å². The van der Waals surface area contributed by atoms with Crippen molar-refractivity contribution in [2.75, 3.05) is 45.9 Å². The number of nitrogens with one attached hydrogen (secondary N) is 2. The number of hydrogen-bond acceptors (Lipinski definition) is 3. The maximum absolute atomic E-state index is 9.22. The van der Waals surface area contributed by atoms with E-state index in [0.29, 0.717) is 11.8 Å². The molecule has 1 atom stereocenters. The van der Waals surface area contributed by atoms with Crippen LogP contribution in [0.5, 0.6) is 0 Å². The Labute approximate surface area is 142 Å². The second kappa shape index (κ2) is 12.6. The highest BCUT2D eigenvalue weighted by Gasteiger charge is 2.11. The van der Waals surface area contributed by atoms with E-state index in [1.807, 2.05) is 0 Å². The van der Waals surface area contributed by atoms with Crippen molar-refractivity contribution < 1.29 is 5.11 Å². The Morgan fingerprint density at radius 1 is 1.17 bits per heavy atom. The van der Waals surface area contributed by atoms with E-state index in [4.69, 9.17) is 4.99 Å². The third-order valence-corrected chi connectivity index (χ3v) is 4.36. The van der Waals surface area contributed by atoms with Crippen LogP contribution in [0.2, 0.25) is 0 Å². The first kappa shape index (κ1) is 20.2. The molecule has 0 aromatic rings. The van der Waals surface area contributed by atoms with Gasteiger partial charge < -0.3 is 20.6 Å². The molecule has 23 heavy (non-hydrogen) atoms. The van der Waals surface area contributed by atoms with Crippen LogP contribution >= 0.6 is 0 Å². The van der Waals surface area contributed by atoms with Gasteiger partial charge in [-0.15, -0.1) is 0 Å². The lowest BCUT2D eigenvalue weighted by Gasteiger charge is -2.26. The molecule has 136 valence electrons. The lowest BCUT2D eigenvalue weighted by molar-refractivity contribution is 0.232. The minimum absolute atomic E-state index is 0.256. The molecule has 1 aliphatic rings. The summed E-state index contributed by atoms with van der Waals surface area (Å²) in [4.78, 5) is 7.27. The van der Waals surface area contributed by atoms with E-state index in [1.165, 1.54) is 32.4 Å². The van der Waals surface area contributed by atoms with Gasteiger partial charge in [0.05, 0.1) is 0 Å². The van der Waals surface area contributed by atoms with E-state index in [9.17, 15) is 5.11 Å². The number of nitrogens with zero attached hydrogens (tertiary/aromatic N) is 2. The zero-order valence-corrected chi connectivity index (χ0v) is 15.5. The number of aliphatic imine (C=N–C) groups is 1. The van der Waals surface area contributed by atoms with E-state index in [-0.39, 0.29) is 6.61 Å². The monoisotopic (exact) mass is 326 g/mol. The van der Waals surface area contributed by atoms with Crippen LogP contribution < -0.4 is 10.6 Å². The number of guanidine groups is 1. The Balaban J connectivity index is 2.37. The van der Waals surface area contributed by atoms with Crippen LogP contribution in [0.15, 0.2) is 4.99 Å². The van der Waals surface area contributed by atoms with Crippen molar-refractivity contribution in [3.05, 3.63) is 0 Å². The van der Waals surface area contributed by atoms with Crippen LogP contribution in [-0.4, -0.2) is 61.8 Å². The Kier molecular flexibility index (Phi) is 11.1. The van der Waals surface area contributed by atoms with Crippen molar-refractivity contribution in [1.29, 1.82) is 0 Å². The fourth-order valence-corrected chi connectivity index (χ4v) is 3.21. The third kappa shape index (κ3) is 9.82. The first-order chi connectivity index (χ1) is 11.2. The second-order valence-electron chi connectivity index (χ2n) is 7.06. The standard InChI is InChI=1S/C18H38N4O/c1-4-19-18(20-9-12-22-10-6-5-7-11-22)21-15-17(8-13-23)14-16(2)3/h16-17,23H,4-15H2,1-3H3,(H2,19,20,21). The molecule has 0 bridgehead atoms. The zero-order chi connectivity index (χ0) is 16.9. The highest BCUT2D eigenvalue weighted by atomic mass is 16.3. The number of hydrogen-bond donors (Lipinski definition) is 3. The largest absolute Gasteiger partial charge is 0.396 e. The lowest BCUT2D eigenvalue weighted by Crippen LogP contribution is -2.42. The van der Waals surface area contributed by atoms with Crippen molar-refractivity contribution in [2.45, 2.75) is 52.9 Å². The maximum atomic E-state index is 9.22.